The third-order valence-corrected chi connectivity index (χ3v) is 4.22. The van der Waals surface area contributed by atoms with Gasteiger partial charge in [-0.25, -0.2) is 0 Å². The van der Waals surface area contributed by atoms with Crippen LogP contribution in [0.15, 0.2) is 18.2 Å². The molecule has 1 N–H and O–H groups in total. The number of benzene rings is 1. The summed E-state index contributed by atoms with van der Waals surface area (Å²) in [6, 6.07) is 7.49. The Hall–Kier alpha value is -0.820. The van der Waals surface area contributed by atoms with Gasteiger partial charge in [0.1, 0.15) is 0 Å². The molecule has 2 atom stereocenters. The van der Waals surface area contributed by atoms with E-state index in [0.29, 0.717) is 11.5 Å². The molecule has 16 heavy (non-hydrogen) atoms. The summed E-state index contributed by atoms with van der Waals surface area (Å²) in [5.41, 5.74) is 4.69. The molecule has 2 unspecified atom stereocenters. The molecule has 1 saturated heterocycles. The average molecular weight is 217 g/mol. The summed E-state index contributed by atoms with van der Waals surface area (Å²) < 4.78 is 0. The summed E-state index contributed by atoms with van der Waals surface area (Å²) in [6.07, 6.45) is 2.47. The van der Waals surface area contributed by atoms with E-state index in [1.165, 1.54) is 24.0 Å². The van der Waals surface area contributed by atoms with Crippen LogP contribution in [0.1, 0.15) is 43.4 Å². The minimum Gasteiger partial charge on any atom is -0.313 e. The second-order valence-electron chi connectivity index (χ2n) is 5.40. The second kappa shape index (κ2) is 4.21. The van der Waals surface area contributed by atoms with E-state index >= 15 is 0 Å². The standard InChI is InChI=1S/C15H23N/c1-5-14-15(4,8-9-16-14)13-10-11(2)6-7-12(13)3/h6-7,10,14,16H,5,8-9H2,1-4H3. The van der Waals surface area contributed by atoms with E-state index in [0.717, 1.165) is 6.54 Å². The number of nitrogens with one attached hydrogen (secondary N) is 1. The van der Waals surface area contributed by atoms with E-state index in [1.807, 2.05) is 0 Å². The third-order valence-electron chi connectivity index (χ3n) is 4.22. The quantitative estimate of drug-likeness (QED) is 0.801. The lowest BCUT2D eigenvalue weighted by molar-refractivity contribution is 0.391. The van der Waals surface area contributed by atoms with Gasteiger partial charge in [0.25, 0.3) is 0 Å². The van der Waals surface area contributed by atoms with Crippen LogP contribution in [0.3, 0.4) is 0 Å². The third kappa shape index (κ3) is 1.78. The lowest BCUT2D eigenvalue weighted by Gasteiger charge is -2.33. The maximum Gasteiger partial charge on any atom is 0.0159 e. The van der Waals surface area contributed by atoms with Crippen LogP contribution < -0.4 is 5.32 Å². The fourth-order valence-electron chi connectivity index (χ4n) is 3.17. The minimum atomic E-state index is 0.324. The highest BCUT2D eigenvalue weighted by Gasteiger charge is 2.39. The highest BCUT2D eigenvalue weighted by Crippen LogP contribution is 2.38. The zero-order chi connectivity index (χ0) is 11.8. The van der Waals surface area contributed by atoms with Gasteiger partial charge >= 0.3 is 0 Å². The lowest BCUT2D eigenvalue weighted by Crippen LogP contribution is -2.37. The summed E-state index contributed by atoms with van der Waals surface area (Å²) in [6.45, 7) is 10.3. The first kappa shape index (κ1) is 11.7. The Kier molecular flexibility index (Phi) is 3.07. The van der Waals surface area contributed by atoms with Gasteiger partial charge in [-0.15, -0.1) is 0 Å². The Labute approximate surface area is 99.3 Å². The highest BCUT2D eigenvalue weighted by molar-refractivity contribution is 5.38. The van der Waals surface area contributed by atoms with Crippen molar-refractivity contribution >= 4 is 0 Å². The predicted molar refractivity (Wildman–Crippen MR) is 70.0 cm³/mol. The molecule has 1 heterocycles. The first-order chi connectivity index (χ1) is 7.58. The Morgan fingerprint density at radius 1 is 1.38 bits per heavy atom. The van der Waals surface area contributed by atoms with Crippen molar-refractivity contribution in [1.29, 1.82) is 0 Å². The van der Waals surface area contributed by atoms with E-state index < -0.39 is 0 Å². The van der Waals surface area contributed by atoms with Gasteiger partial charge < -0.3 is 5.32 Å². The molecule has 0 aliphatic carbocycles. The zero-order valence-corrected chi connectivity index (χ0v) is 10.9. The first-order valence-corrected chi connectivity index (χ1v) is 6.39. The van der Waals surface area contributed by atoms with Crippen molar-refractivity contribution in [3.63, 3.8) is 0 Å². The van der Waals surface area contributed by atoms with E-state index in [-0.39, 0.29) is 0 Å². The number of hydrogen-bond donors (Lipinski definition) is 1. The molecule has 1 aromatic rings. The van der Waals surface area contributed by atoms with E-state index in [2.05, 4.69) is 51.2 Å². The normalized spacial score (nSPS) is 29.6. The van der Waals surface area contributed by atoms with Crippen molar-refractivity contribution in [1.82, 2.24) is 5.32 Å². The van der Waals surface area contributed by atoms with Crippen LogP contribution in [0.2, 0.25) is 0 Å². The van der Waals surface area contributed by atoms with Gasteiger partial charge in [-0.05, 0) is 44.4 Å². The van der Waals surface area contributed by atoms with Crippen molar-refractivity contribution in [2.45, 2.75) is 52.0 Å². The van der Waals surface area contributed by atoms with Crippen molar-refractivity contribution in [2.24, 2.45) is 0 Å². The molecule has 0 spiro atoms. The van der Waals surface area contributed by atoms with Crippen LogP contribution in [-0.2, 0) is 5.41 Å². The molecule has 0 aromatic heterocycles. The summed E-state index contributed by atoms with van der Waals surface area (Å²) in [5.74, 6) is 0. The maximum atomic E-state index is 3.64. The van der Waals surface area contributed by atoms with Gasteiger partial charge in [0.05, 0.1) is 0 Å². The second-order valence-corrected chi connectivity index (χ2v) is 5.40. The van der Waals surface area contributed by atoms with Crippen LogP contribution in [0.4, 0.5) is 0 Å². The first-order valence-electron chi connectivity index (χ1n) is 6.39. The SMILES string of the molecule is CCC1NCCC1(C)c1cc(C)ccc1C. The monoisotopic (exact) mass is 217 g/mol. The molecule has 0 saturated carbocycles. The van der Waals surface area contributed by atoms with Crippen LogP contribution in [0, 0.1) is 13.8 Å². The summed E-state index contributed by atoms with van der Waals surface area (Å²) in [4.78, 5) is 0. The molecule has 1 fully saturated rings. The largest absolute Gasteiger partial charge is 0.313 e. The molecule has 1 nitrogen and oxygen atoms in total. The molecule has 0 radical (unpaired) electrons. The number of hydrogen-bond acceptors (Lipinski definition) is 1. The van der Waals surface area contributed by atoms with Crippen LogP contribution in [0.25, 0.3) is 0 Å². The van der Waals surface area contributed by atoms with Gasteiger partial charge in [-0.2, -0.15) is 0 Å². The zero-order valence-electron chi connectivity index (χ0n) is 10.9. The molecular weight excluding hydrogens is 194 g/mol. The molecule has 1 heteroatoms. The van der Waals surface area contributed by atoms with Crippen LogP contribution >= 0.6 is 0 Å². The molecule has 1 aliphatic heterocycles. The molecule has 2 rings (SSSR count). The molecule has 0 bridgehead atoms. The Morgan fingerprint density at radius 3 is 2.81 bits per heavy atom. The molecule has 88 valence electrons. The topological polar surface area (TPSA) is 12.0 Å². The van der Waals surface area contributed by atoms with Crippen LogP contribution in [-0.4, -0.2) is 12.6 Å². The lowest BCUT2D eigenvalue weighted by atomic mass is 9.73. The Bertz CT molecular complexity index is 383. The molecule has 1 aromatic carbocycles. The van der Waals surface area contributed by atoms with Gasteiger partial charge in [-0.3, -0.25) is 0 Å². The molecular formula is C15H23N. The van der Waals surface area contributed by atoms with Gasteiger partial charge in [0.2, 0.25) is 0 Å². The maximum absolute atomic E-state index is 3.64. The fourth-order valence-corrected chi connectivity index (χ4v) is 3.17. The van der Waals surface area contributed by atoms with E-state index in [9.17, 15) is 0 Å². The van der Waals surface area contributed by atoms with Crippen LogP contribution in [0.5, 0.6) is 0 Å². The van der Waals surface area contributed by atoms with E-state index in [4.69, 9.17) is 0 Å². The summed E-state index contributed by atoms with van der Waals surface area (Å²) in [7, 11) is 0. The van der Waals surface area contributed by atoms with Crippen molar-refractivity contribution < 1.29 is 0 Å². The minimum absolute atomic E-state index is 0.324. The molecule has 0 amide bonds. The van der Waals surface area contributed by atoms with Gasteiger partial charge in [0, 0.05) is 11.5 Å². The van der Waals surface area contributed by atoms with Crippen molar-refractivity contribution in [3.8, 4) is 0 Å². The van der Waals surface area contributed by atoms with E-state index in [1.54, 1.807) is 5.56 Å². The Balaban J connectivity index is 2.45. The fraction of sp³-hybridized carbons (Fsp3) is 0.600. The smallest absolute Gasteiger partial charge is 0.0159 e. The number of aryl methyl sites for hydroxylation is 2. The molecule has 1 aliphatic rings. The highest BCUT2D eigenvalue weighted by atomic mass is 15.0. The van der Waals surface area contributed by atoms with Gasteiger partial charge in [-0.1, -0.05) is 37.6 Å². The van der Waals surface area contributed by atoms with Crippen molar-refractivity contribution in [3.05, 3.63) is 34.9 Å². The number of rotatable bonds is 2. The predicted octanol–water partition coefficient (Wildman–Crippen LogP) is 3.33. The summed E-state index contributed by atoms with van der Waals surface area (Å²) >= 11 is 0. The van der Waals surface area contributed by atoms with Gasteiger partial charge in [0.15, 0.2) is 0 Å². The average Bonchev–Trinajstić information content (AvgIpc) is 2.64. The van der Waals surface area contributed by atoms with Crippen molar-refractivity contribution in [2.75, 3.05) is 6.54 Å². The Morgan fingerprint density at radius 2 is 2.12 bits per heavy atom. The summed E-state index contributed by atoms with van der Waals surface area (Å²) in [5, 5.41) is 3.64.